The number of primary amides is 1. The van der Waals surface area contributed by atoms with Crippen molar-refractivity contribution in [2.75, 3.05) is 6.54 Å². The van der Waals surface area contributed by atoms with Gasteiger partial charge in [-0.2, -0.15) is 0 Å². The fraction of sp³-hybridized carbons (Fsp3) is 0.111. The van der Waals surface area contributed by atoms with Crippen LogP contribution in [0.3, 0.4) is 0 Å². The fourth-order valence-electron chi connectivity index (χ4n) is 0.936. The Bertz CT molecular complexity index is 409. The molecular weight excluding hydrogens is 267 g/mol. The maximum Gasteiger partial charge on any atom is 0.252 e. The number of carbonyl (C=O) groups excluding carboxylic acids is 2. The SMILES string of the molecule is NC(=O)CNC(=O)c1ccc(F)cc1Br. The van der Waals surface area contributed by atoms with Crippen molar-refractivity contribution in [3.8, 4) is 0 Å². The summed E-state index contributed by atoms with van der Waals surface area (Å²) in [6, 6.07) is 3.64. The molecule has 0 aliphatic carbocycles. The van der Waals surface area contributed by atoms with E-state index in [1.165, 1.54) is 12.1 Å². The van der Waals surface area contributed by atoms with Crippen LogP contribution < -0.4 is 11.1 Å². The maximum atomic E-state index is 12.7. The summed E-state index contributed by atoms with van der Waals surface area (Å²) < 4.78 is 13.0. The van der Waals surface area contributed by atoms with Gasteiger partial charge in [-0.25, -0.2) is 4.39 Å². The van der Waals surface area contributed by atoms with Crippen molar-refractivity contribution in [2.45, 2.75) is 0 Å². The first-order valence-corrected chi connectivity index (χ1v) is 4.81. The van der Waals surface area contributed by atoms with E-state index < -0.39 is 17.6 Å². The van der Waals surface area contributed by atoms with Crippen molar-refractivity contribution in [1.29, 1.82) is 0 Å². The minimum atomic E-state index is -0.637. The number of nitrogens with two attached hydrogens (primary N) is 1. The van der Waals surface area contributed by atoms with Gasteiger partial charge in [-0.1, -0.05) is 0 Å². The Morgan fingerprint density at radius 3 is 2.67 bits per heavy atom. The molecule has 4 nitrogen and oxygen atoms in total. The van der Waals surface area contributed by atoms with Crippen LogP contribution in [0.2, 0.25) is 0 Å². The van der Waals surface area contributed by atoms with Crippen molar-refractivity contribution in [2.24, 2.45) is 5.73 Å². The number of hydrogen-bond donors (Lipinski definition) is 2. The van der Waals surface area contributed by atoms with Gasteiger partial charge in [0.1, 0.15) is 5.82 Å². The highest BCUT2D eigenvalue weighted by molar-refractivity contribution is 9.10. The van der Waals surface area contributed by atoms with Crippen LogP contribution in [-0.4, -0.2) is 18.4 Å². The van der Waals surface area contributed by atoms with Gasteiger partial charge in [-0.3, -0.25) is 9.59 Å². The molecule has 0 heterocycles. The van der Waals surface area contributed by atoms with E-state index in [0.717, 1.165) is 6.07 Å². The molecule has 0 saturated heterocycles. The molecule has 80 valence electrons. The van der Waals surface area contributed by atoms with Gasteiger partial charge in [0.15, 0.2) is 0 Å². The molecule has 0 radical (unpaired) electrons. The van der Waals surface area contributed by atoms with Crippen LogP contribution in [0.5, 0.6) is 0 Å². The first-order chi connectivity index (χ1) is 7.00. The Labute approximate surface area is 93.8 Å². The molecule has 0 spiro atoms. The number of benzene rings is 1. The van der Waals surface area contributed by atoms with E-state index in [4.69, 9.17) is 5.73 Å². The smallest absolute Gasteiger partial charge is 0.252 e. The molecule has 1 aromatic carbocycles. The summed E-state index contributed by atoms with van der Waals surface area (Å²) in [6.45, 7) is -0.247. The lowest BCUT2D eigenvalue weighted by Crippen LogP contribution is -2.33. The molecule has 0 bridgehead atoms. The standard InChI is InChI=1S/C9H8BrFN2O2/c10-7-3-5(11)1-2-6(7)9(15)13-4-8(12)14/h1-3H,4H2,(H2,12,14)(H,13,15). The van der Waals surface area contributed by atoms with Crippen LogP contribution >= 0.6 is 15.9 Å². The molecule has 1 aromatic rings. The topological polar surface area (TPSA) is 72.2 Å². The van der Waals surface area contributed by atoms with Crippen LogP contribution in [0.15, 0.2) is 22.7 Å². The zero-order valence-electron chi connectivity index (χ0n) is 7.59. The summed E-state index contributed by atoms with van der Waals surface area (Å²) in [5, 5.41) is 2.29. The third-order valence-electron chi connectivity index (χ3n) is 1.60. The van der Waals surface area contributed by atoms with E-state index in [0.29, 0.717) is 4.47 Å². The van der Waals surface area contributed by atoms with E-state index in [1.54, 1.807) is 0 Å². The normalized spacial score (nSPS) is 9.73. The second-order valence-electron chi connectivity index (χ2n) is 2.77. The quantitative estimate of drug-likeness (QED) is 0.856. The summed E-state index contributed by atoms with van der Waals surface area (Å²) in [5.74, 6) is -1.57. The highest BCUT2D eigenvalue weighted by atomic mass is 79.9. The van der Waals surface area contributed by atoms with Crippen LogP contribution in [0, 0.1) is 5.82 Å². The van der Waals surface area contributed by atoms with Crippen molar-refractivity contribution >= 4 is 27.7 Å². The van der Waals surface area contributed by atoms with Gasteiger partial charge in [-0.15, -0.1) is 0 Å². The Morgan fingerprint density at radius 2 is 2.13 bits per heavy atom. The zero-order valence-corrected chi connectivity index (χ0v) is 9.17. The molecule has 15 heavy (non-hydrogen) atoms. The van der Waals surface area contributed by atoms with Crippen molar-refractivity contribution < 1.29 is 14.0 Å². The minimum Gasteiger partial charge on any atom is -0.368 e. The van der Waals surface area contributed by atoms with Gasteiger partial charge in [0.2, 0.25) is 5.91 Å². The second kappa shape index (κ2) is 4.88. The summed E-state index contributed by atoms with van der Waals surface area (Å²) in [7, 11) is 0. The van der Waals surface area contributed by atoms with Crippen LogP contribution in [0.25, 0.3) is 0 Å². The number of rotatable bonds is 3. The van der Waals surface area contributed by atoms with Gasteiger partial charge in [-0.05, 0) is 34.1 Å². The van der Waals surface area contributed by atoms with E-state index in [-0.39, 0.29) is 12.1 Å². The van der Waals surface area contributed by atoms with Crippen molar-refractivity contribution in [1.82, 2.24) is 5.32 Å². The third kappa shape index (κ3) is 3.32. The molecule has 0 aromatic heterocycles. The van der Waals surface area contributed by atoms with Gasteiger partial charge in [0, 0.05) is 4.47 Å². The molecule has 6 heteroatoms. The molecule has 0 atom stereocenters. The zero-order chi connectivity index (χ0) is 11.4. The first kappa shape index (κ1) is 11.6. The molecule has 0 aliphatic heterocycles. The lowest BCUT2D eigenvalue weighted by molar-refractivity contribution is -0.117. The van der Waals surface area contributed by atoms with Crippen molar-refractivity contribution in [3.63, 3.8) is 0 Å². The third-order valence-corrected chi connectivity index (χ3v) is 2.26. The van der Waals surface area contributed by atoms with Gasteiger partial charge < -0.3 is 11.1 Å². The van der Waals surface area contributed by atoms with Gasteiger partial charge >= 0.3 is 0 Å². The van der Waals surface area contributed by atoms with E-state index >= 15 is 0 Å². The number of amides is 2. The van der Waals surface area contributed by atoms with Gasteiger partial charge in [0.05, 0.1) is 12.1 Å². The molecular formula is C9H8BrFN2O2. The monoisotopic (exact) mass is 274 g/mol. The highest BCUT2D eigenvalue weighted by Gasteiger charge is 2.10. The Hall–Kier alpha value is -1.43. The summed E-state index contributed by atoms with van der Waals surface area (Å²) in [4.78, 5) is 21.8. The largest absolute Gasteiger partial charge is 0.368 e. The molecule has 0 saturated carbocycles. The molecule has 2 amide bonds. The number of carbonyl (C=O) groups is 2. The number of nitrogens with one attached hydrogen (secondary N) is 1. The van der Waals surface area contributed by atoms with Crippen molar-refractivity contribution in [3.05, 3.63) is 34.1 Å². The average molecular weight is 275 g/mol. The fourth-order valence-corrected chi connectivity index (χ4v) is 1.47. The molecule has 0 unspecified atom stereocenters. The molecule has 1 rings (SSSR count). The lowest BCUT2D eigenvalue weighted by Gasteiger charge is -2.04. The van der Waals surface area contributed by atoms with E-state index in [2.05, 4.69) is 21.2 Å². The summed E-state index contributed by atoms with van der Waals surface area (Å²) >= 11 is 3.04. The van der Waals surface area contributed by atoms with Crippen LogP contribution in [0.1, 0.15) is 10.4 Å². The Kier molecular flexibility index (Phi) is 3.79. The average Bonchev–Trinajstić information content (AvgIpc) is 2.14. The summed E-state index contributed by atoms with van der Waals surface area (Å²) in [5.41, 5.74) is 5.10. The Balaban J connectivity index is 2.78. The minimum absolute atomic E-state index is 0.247. The highest BCUT2D eigenvalue weighted by Crippen LogP contribution is 2.17. The predicted octanol–water partition coefficient (Wildman–Crippen LogP) is 0.803. The van der Waals surface area contributed by atoms with E-state index in [9.17, 15) is 14.0 Å². The lowest BCUT2D eigenvalue weighted by atomic mass is 10.2. The number of halogens is 2. The van der Waals surface area contributed by atoms with Crippen LogP contribution in [0.4, 0.5) is 4.39 Å². The summed E-state index contributed by atoms with van der Waals surface area (Å²) in [6.07, 6.45) is 0. The predicted molar refractivity (Wildman–Crippen MR) is 55.6 cm³/mol. The second-order valence-corrected chi connectivity index (χ2v) is 3.63. The first-order valence-electron chi connectivity index (χ1n) is 4.02. The van der Waals surface area contributed by atoms with E-state index in [1.807, 2.05) is 0 Å². The van der Waals surface area contributed by atoms with Gasteiger partial charge in [0.25, 0.3) is 5.91 Å². The number of hydrogen-bond acceptors (Lipinski definition) is 2. The maximum absolute atomic E-state index is 12.7. The molecule has 0 aliphatic rings. The molecule has 3 N–H and O–H groups in total. The molecule has 0 fully saturated rings. The Morgan fingerprint density at radius 1 is 1.47 bits per heavy atom. The van der Waals surface area contributed by atoms with Crippen LogP contribution in [-0.2, 0) is 4.79 Å².